The Morgan fingerprint density at radius 3 is 2.76 bits per heavy atom. The van der Waals surface area contributed by atoms with Crippen LogP contribution in [-0.4, -0.2) is 37.7 Å². The summed E-state index contributed by atoms with van der Waals surface area (Å²) in [5.74, 6) is 2.01. The number of nitrogens with one attached hydrogen (secondary N) is 2. The van der Waals surface area contributed by atoms with E-state index in [0.29, 0.717) is 51.3 Å². The van der Waals surface area contributed by atoms with Crippen molar-refractivity contribution >= 4 is 28.6 Å². The van der Waals surface area contributed by atoms with Crippen LogP contribution in [0.25, 0.3) is 10.9 Å². The minimum absolute atomic E-state index is 0.175. The van der Waals surface area contributed by atoms with Crippen molar-refractivity contribution in [2.45, 2.75) is 24.0 Å². The summed E-state index contributed by atoms with van der Waals surface area (Å²) in [4.78, 5) is 32.1. The number of benzene rings is 2. The largest absolute Gasteiger partial charge is 0.497 e. The molecule has 0 saturated carbocycles. The molecule has 0 radical (unpaired) electrons. The molecule has 0 aliphatic rings. The zero-order chi connectivity index (χ0) is 23.2. The molecule has 1 amide bonds. The predicted molar refractivity (Wildman–Crippen MR) is 126 cm³/mol. The third-order valence-corrected chi connectivity index (χ3v) is 5.84. The summed E-state index contributed by atoms with van der Waals surface area (Å²) < 4.78 is 6.98. The van der Waals surface area contributed by atoms with Gasteiger partial charge in [-0.05, 0) is 36.4 Å². The number of amides is 1. The van der Waals surface area contributed by atoms with E-state index < -0.39 is 0 Å². The molecule has 0 spiro atoms. The van der Waals surface area contributed by atoms with Gasteiger partial charge < -0.3 is 19.6 Å². The number of methoxy groups -OCH3 is 1. The smallest absolute Gasteiger partial charge is 0.258 e. The normalized spacial score (nSPS) is 10.8. The highest BCUT2D eigenvalue weighted by molar-refractivity contribution is 7.98. The van der Waals surface area contributed by atoms with E-state index in [-0.39, 0.29) is 18.0 Å². The van der Waals surface area contributed by atoms with E-state index in [9.17, 15) is 9.59 Å². The first-order valence-electron chi connectivity index (χ1n) is 10.1. The number of carbonyl (C=O) groups excluding carboxylic acids is 1. The van der Waals surface area contributed by atoms with Gasteiger partial charge in [-0.1, -0.05) is 30.0 Å². The van der Waals surface area contributed by atoms with Crippen molar-refractivity contribution in [3.05, 3.63) is 88.8 Å². The first-order chi connectivity index (χ1) is 16.1. The van der Waals surface area contributed by atoms with Crippen LogP contribution in [0.1, 0.15) is 22.0 Å². The molecule has 0 unspecified atom stereocenters. The number of para-hydroxylation sites is 1. The van der Waals surface area contributed by atoms with Gasteiger partial charge in [0.05, 0.1) is 30.3 Å². The van der Waals surface area contributed by atoms with E-state index in [4.69, 9.17) is 4.74 Å². The number of aromatic amines is 1. The van der Waals surface area contributed by atoms with Crippen LogP contribution in [0.5, 0.6) is 5.75 Å². The highest BCUT2D eigenvalue weighted by Crippen LogP contribution is 2.21. The maximum Gasteiger partial charge on any atom is 0.258 e. The van der Waals surface area contributed by atoms with Gasteiger partial charge in [-0.25, -0.2) is 4.98 Å². The number of rotatable bonds is 9. The van der Waals surface area contributed by atoms with Crippen molar-refractivity contribution in [2.75, 3.05) is 7.11 Å². The molecule has 0 fully saturated rings. The van der Waals surface area contributed by atoms with Crippen LogP contribution in [0.15, 0.2) is 71.1 Å². The number of fused-ring (bicyclic) bond motifs is 1. The van der Waals surface area contributed by atoms with Gasteiger partial charge in [-0.15, -0.1) is 16.8 Å². The molecule has 0 saturated heterocycles. The van der Waals surface area contributed by atoms with E-state index >= 15 is 0 Å². The number of H-pyrrole nitrogens is 1. The standard InChI is InChI=1S/C23H22N6O3S/c1-3-12-29-20(13-24-21(30)15-8-10-16(32-2)11-9-15)27-28-23(29)33-14-19-25-18-7-5-4-6-17(18)22(31)26-19/h3-11H,1,12-14H2,2H3,(H,24,30)(H,25,26,31). The summed E-state index contributed by atoms with van der Waals surface area (Å²) in [6.07, 6.45) is 1.73. The second-order valence-electron chi connectivity index (χ2n) is 7.03. The number of hydrogen-bond donors (Lipinski definition) is 2. The molecule has 2 N–H and O–H groups in total. The van der Waals surface area contributed by atoms with Crippen LogP contribution in [0.4, 0.5) is 0 Å². The van der Waals surface area contributed by atoms with E-state index in [1.807, 2.05) is 16.7 Å². The Kier molecular flexibility index (Phi) is 6.84. The van der Waals surface area contributed by atoms with Gasteiger partial charge in [0.2, 0.25) is 0 Å². The number of aromatic nitrogens is 5. The number of thioether (sulfide) groups is 1. The van der Waals surface area contributed by atoms with Gasteiger partial charge in [-0.2, -0.15) is 0 Å². The van der Waals surface area contributed by atoms with Gasteiger partial charge in [0.15, 0.2) is 11.0 Å². The van der Waals surface area contributed by atoms with Gasteiger partial charge in [0.1, 0.15) is 11.6 Å². The first-order valence-corrected chi connectivity index (χ1v) is 11.1. The Bertz CT molecular complexity index is 1350. The van der Waals surface area contributed by atoms with Crippen molar-refractivity contribution in [1.29, 1.82) is 0 Å². The highest BCUT2D eigenvalue weighted by atomic mass is 32.2. The van der Waals surface area contributed by atoms with Crippen molar-refractivity contribution < 1.29 is 9.53 Å². The molecule has 168 valence electrons. The van der Waals surface area contributed by atoms with Crippen molar-refractivity contribution in [2.24, 2.45) is 0 Å². The minimum Gasteiger partial charge on any atom is -0.497 e. The van der Waals surface area contributed by atoms with Crippen LogP contribution in [0.3, 0.4) is 0 Å². The fraction of sp³-hybridized carbons (Fsp3) is 0.174. The predicted octanol–water partition coefficient (Wildman–Crippen LogP) is 2.93. The molecule has 0 aliphatic carbocycles. The third kappa shape index (κ3) is 5.12. The Labute approximate surface area is 193 Å². The quantitative estimate of drug-likeness (QED) is 0.290. The summed E-state index contributed by atoms with van der Waals surface area (Å²) in [6, 6.07) is 14.1. The highest BCUT2D eigenvalue weighted by Gasteiger charge is 2.14. The van der Waals surface area contributed by atoms with Crippen molar-refractivity contribution in [3.8, 4) is 5.75 Å². The number of ether oxygens (including phenoxy) is 1. The lowest BCUT2D eigenvalue weighted by atomic mass is 10.2. The van der Waals surface area contributed by atoms with Gasteiger partial charge in [0, 0.05) is 12.1 Å². The number of carbonyl (C=O) groups is 1. The summed E-state index contributed by atoms with van der Waals surface area (Å²) in [5.41, 5.74) is 0.989. The van der Waals surface area contributed by atoms with Crippen LogP contribution >= 0.6 is 11.8 Å². The molecule has 2 heterocycles. The lowest BCUT2D eigenvalue weighted by molar-refractivity contribution is 0.0949. The maximum atomic E-state index is 12.5. The summed E-state index contributed by atoms with van der Waals surface area (Å²) in [5, 5.41) is 12.5. The molecule has 0 bridgehead atoms. The Morgan fingerprint density at radius 2 is 2.00 bits per heavy atom. The van der Waals surface area contributed by atoms with E-state index in [1.165, 1.54) is 11.8 Å². The lowest BCUT2D eigenvalue weighted by Gasteiger charge is -2.09. The Balaban J connectivity index is 1.45. The monoisotopic (exact) mass is 462 g/mol. The van der Waals surface area contributed by atoms with Gasteiger partial charge in [-0.3, -0.25) is 9.59 Å². The number of nitrogens with zero attached hydrogens (tertiary/aromatic N) is 4. The van der Waals surface area contributed by atoms with Gasteiger partial charge in [0.25, 0.3) is 11.5 Å². The molecular formula is C23H22N6O3S. The van der Waals surface area contributed by atoms with Crippen molar-refractivity contribution in [1.82, 2.24) is 30.0 Å². The van der Waals surface area contributed by atoms with Crippen LogP contribution in [-0.2, 0) is 18.8 Å². The minimum atomic E-state index is -0.224. The summed E-state index contributed by atoms with van der Waals surface area (Å²) in [6.45, 7) is 4.48. The fourth-order valence-electron chi connectivity index (χ4n) is 3.21. The molecule has 10 heteroatoms. The third-order valence-electron chi connectivity index (χ3n) is 4.86. The topological polar surface area (TPSA) is 115 Å². The molecule has 2 aromatic carbocycles. The zero-order valence-electron chi connectivity index (χ0n) is 17.9. The summed E-state index contributed by atoms with van der Waals surface area (Å²) >= 11 is 1.40. The second-order valence-corrected chi connectivity index (χ2v) is 7.97. The fourth-order valence-corrected chi connectivity index (χ4v) is 4.05. The zero-order valence-corrected chi connectivity index (χ0v) is 18.8. The number of allylic oxidation sites excluding steroid dienone is 1. The summed E-state index contributed by atoms with van der Waals surface area (Å²) in [7, 11) is 1.57. The van der Waals surface area contributed by atoms with Crippen molar-refractivity contribution in [3.63, 3.8) is 0 Å². The van der Waals surface area contributed by atoms with Crippen LogP contribution < -0.4 is 15.6 Å². The van der Waals surface area contributed by atoms with E-state index in [2.05, 4.69) is 32.1 Å². The Hall–Kier alpha value is -3.92. The van der Waals surface area contributed by atoms with Crippen LogP contribution in [0, 0.1) is 0 Å². The lowest BCUT2D eigenvalue weighted by Crippen LogP contribution is -2.24. The number of hydrogen-bond acceptors (Lipinski definition) is 7. The molecule has 9 nitrogen and oxygen atoms in total. The average molecular weight is 463 g/mol. The molecule has 0 atom stereocenters. The molecule has 2 aromatic heterocycles. The van der Waals surface area contributed by atoms with Gasteiger partial charge >= 0.3 is 0 Å². The van der Waals surface area contributed by atoms with E-state index in [0.717, 1.165) is 0 Å². The molecule has 33 heavy (non-hydrogen) atoms. The molecule has 0 aliphatic heterocycles. The Morgan fingerprint density at radius 1 is 1.21 bits per heavy atom. The molecule has 4 aromatic rings. The van der Waals surface area contributed by atoms with Crippen LogP contribution in [0.2, 0.25) is 0 Å². The molecule has 4 rings (SSSR count). The second kappa shape index (κ2) is 10.1. The van der Waals surface area contributed by atoms with E-state index in [1.54, 1.807) is 49.6 Å². The molecular weight excluding hydrogens is 440 g/mol. The average Bonchev–Trinajstić information content (AvgIpc) is 3.23. The maximum absolute atomic E-state index is 12.5. The first kappa shape index (κ1) is 22.3. The SMILES string of the molecule is C=CCn1c(CNC(=O)c2ccc(OC)cc2)nnc1SCc1nc2ccccc2c(=O)[nH]1.